The van der Waals surface area contributed by atoms with E-state index in [1.54, 1.807) is 41.2 Å². The summed E-state index contributed by atoms with van der Waals surface area (Å²) in [5.41, 5.74) is 2.84. The summed E-state index contributed by atoms with van der Waals surface area (Å²) < 4.78 is 6.51. The Morgan fingerprint density at radius 3 is 2.34 bits per heavy atom. The minimum absolute atomic E-state index is 0.139. The van der Waals surface area contributed by atoms with Crippen molar-refractivity contribution in [1.29, 1.82) is 0 Å². The maximum absolute atomic E-state index is 12.7. The number of fused-ring (bicyclic) bond motifs is 2. The highest BCUT2D eigenvalue weighted by Crippen LogP contribution is 2.40. The zero-order valence-corrected chi connectivity index (χ0v) is 15.0. The van der Waals surface area contributed by atoms with Gasteiger partial charge < -0.3 is 19.4 Å². The predicted molar refractivity (Wildman–Crippen MR) is 106 cm³/mol. The van der Waals surface area contributed by atoms with Gasteiger partial charge in [0, 0.05) is 45.3 Å². The summed E-state index contributed by atoms with van der Waals surface area (Å²) in [6, 6.07) is 14.6. The average molecular weight is 386 g/mol. The molecular weight excluding hydrogens is 372 g/mol. The van der Waals surface area contributed by atoms with Crippen LogP contribution in [0.4, 0.5) is 0 Å². The number of ether oxygens (including phenoxy) is 1. The summed E-state index contributed by atoms with van der Waals surface area (Å²) >= 11 is 0. The zero-order valence-electron chi connectivity index (χ0n) is 15.0. The molecule has 29 heavy (non-hydrogen) atoms. The number of esters is 2. The lowest BCUT2D eigenvalue weighted by molar-refractivity contribution is -0.149. The summed E-state index contributed by atoms with van der Waals surface area (Å²) in [4.78, 5) is 39.7. The smallest absolute Gasteiger partial charge is 0.347 e. The first kappa shape index (κ1) is 17.0. The zero-order chi connectivity index (χ0) is 20.1. The molecule has 0 saturated carbocycles. The number of cyclic esters (lactones) is 2. The van der Waals surface area contributed by atoms with Gasteiger partial charge in [-0.1, -0.05) is 36.4 Å². The lowest BCUT2D eigenvalue weighted by atomic mass is 9.95. The van der Waals surface area contributed by atoms with Crippen molar-refractivity contribution in [2.24, 2.45) is 0 Å². The van der Waals surface area contributed by atoms with Crippen molar-refractivity contribution in [3.8, 4) is 0 Å². The summed E-state index contributed by atoms with van der Waals surface area (Å²) in [6.45, 7) is -0.265. The Morgan fingerprint density at radius 2 is 1.59 bits per heavy atom. The number of aromatic nitrogens is 2. The van der Waals surface area contributed by atoms with Crippen molar-refractivity contribution in [2.75, 3.05) is 0 Å². The lowest BCUT2D eigenvalue weighted by Gasteiger charge is -2.01. The van der Waals surface area contributed by atoms with Crippen LogP contribution in [0.25, 0.3) is 33.0 Å². The number of H-pyrrole nitrogens is 1. The Morgan fingerprint density at radius 1 is 0.931 bits per heavy atom. The van der Waals surface area contributed by atoms with E-state index in [1.165, 1.54) is 0 Å². The first-order valence-electron chi connectivity index (χ1n) is 8.92. The van der Waals surface area contributed by atoms with Crippen molar-refractivity contribution in [3.63, 3.8) is 0 Å². The quantitative estimate of drug-likeness (QED) is 0.414. The molecule has 1 aliphatic rings. The lowest BCUT2D eigenvalue weighted by Crippen LogP contribution is -2.07. The van der Waals surface area contributed by atoms with Gasteiger partial charge in [-0.3, -0.25) is 4.79 Å². The van der Waals surface area contributed by atoms with Gasteiger partial charge in [-0.25, -0.2) is 9.59 Å². The van der Waals surface area contributed by atoms with Crippen LogP contribution in [0, 0.1) is 0 Å². The van der Waals surface area contributed by atoms with E-state index < -0.39 is 17.9 Å². The molecule has 0 fully saturated rings. The molecule has 7 heteroatoms. The second kappa shape index (κ2) is 6.20. The minimum atomic E-state index is -1.01. The molecule has 0 spiro atoms. The van der Waals surface area contributed by atoms with E-state index in [4.69, 9.17) is 4.74 Å². The second-order valence-corrected chi connectivity index (χ2v) is 6.76. The van der Waals surface area contributed by atoms with Gasteiger partial charge in [-0.2, -0.15) is 0 Å². The molecule has 142 valence electrons. The van der Waals surface area contributed by atoms with Crippen molar-refractivity contribution in [3.05, 3.63) is 72.1 Å². The molecule has 2 N–H and O–H groups in total. The van der Waals surface area contributed by atoms with Crippen LogP contribution in [0.15, 0.2) is 60.9 Å². The van der Waals surface area contributed by atoms with Gasteiger partial charge in [0.25, 0.3) is 0 Å². The third-order valence-electron chi connectivity index (χ3n) is 5.07. The maximum atomic E-state index is 12.7. The first-order valence-corrected chi connectivity index (χ1v) is 8.92. The Hall–Kier alpha value is -4.13. The van der Waals surface area contributed by atoms with Crippen molar-refractivity contribution >= 4 is 50.9 Å². The van der Waals surface area contributed by atoms with Gasteiger partial charge in [0.15, 0.2) is 0 Å². The van der Waals surface area contributed by atoms with E-state index in [9.17, 15) is 19.5 Å². The van der Waals surface area contributed by atoms with Crippen LogP contribution in [0.1, 0.15) is 11.1 Å². The van der Waals surface area contributed by atoms with Gasteiger partial charge >= 0.3 is 17.9 Å². The number of carbonyl (C=O) groups excluding carboxylic acids is 2. The standard InChI is InChI=1S/C22H14N2O5/c25-18(26)11-24-10-15(13-6-2-4-8-17(13)24)20-19(21(27)29-22(20)28)14-9-23-16-7-3-1-5-12(14)16/h1-10,23H,11H2,(H,25,26). The van der Waals surface area contributed by atoms with Crippen LogP contribution in [0.2, 0.25) is 0 Å². The van der Waals surface area contributed by atoms with Crippen molar-refractivity contribution < 1.29 is 24.2 Å². The molecule has 0 atom stereocenters. The SMILES string of the molecule is O=C(O)Cn1cc(C2=C(c3c[nH]c4ccccc34)C(=O)OC2=O)c2ccccc21. The molecule has 4 aromatic rings. The summed E-state index contributed by atoms with van der Waals surface area (Å²) in [5, 5.41) is 10.7. The molecular formula is C22H14N2O5. The second-order valence-electron chi connectivity index (χ2n) is 6.76. The van der Waals surface area contributed by atoms with Crippen LogP contribution < -0.4 is 0 Å². The van der Waals surface area contributed by atoms with E-state index in [1.807, 2.05) is 24.3 Å². The number of nitrogens with one attached hydrogen (secondary N) is 1. The van der Waals surface area contributed by atoms with E-state index in [-0.39, 0.29) is 17.7 Å². The number of para-hydroxylation sites is 2. The third kappa shape index (κ3) is 2.55. The normalized spacial score (nSPS) is 14.2. The Balaban J connectivity index is 1.82. The molecule has 0 radical (unpaired) electrons. The predicted octanol–water partition coefficient (Wildman–Crippen LogP) is 3.20. The van der Waals surface area contributed by atoms with Crippen molar-refractivity contribution in [2.45, 2.75) is 6.54 Å². The highest BCUT2D eigenvalue weighted by atomic mass is 16.6. The van der Waals surface area contributed by atoms with Crippen LogP contribution >= 0.6 is 0 Å². The highest BCUT2D eigenvalue weighted by Gasteiger charge is 2.37. The largest absolute Gasteiger partial charge is 0.480 e. The number of nitrogens with zero attached hydrogens (tertiary/aromatic N) is 1. The number of aliphatic carboxylic acids is 1. The van der Waals surface area contributed by atoms with E-state index >= 15 is 0 Å². The first-order chi connectivity index (χ1) is 14.0. The topological polar surface area (TPSA) is 101 Å². The molecule has 2 aromatic heterocycles. The molecule has 2 aromatic carbocycles. The number of benzene rings is 2. The summed E-state index contributed by atoms with van der Waals surface area (Å²) in [6.07, 6.45) is 3.26. The van der Waals surface area contributed by atoms with Crippen LogP contribution in [-0.2, 0) is 25.7 Å². The molecule has 0 bridgehead atoms. The monoisotopic (exact) mass is 386 g/mol. The maximum Gasteiger partial charge on any atom is 0.347 e. The highest BCUT2D eigenvalue weighted by molar-refractivity contribution is 6.46. The Kier molecular flexibility index (Phi) is 3.64. The molecule has 1 aliphatic heterocycles. The molecule has 0 unspecified atom stereocenters. The Bertz CT molecular complexity index is 1370. The summed E-state index contributed by atoms with van der Waals surface area (Å²) in [7, 11) is 0. The molecule has 0 aliphatic carbocycles. The number of hydrogen-bond donors (Lipinski definition) is 2. The van der Waals surface area contributed by atoms with E-state index in [2.05, 4.69) is 4.98 Å². The van der Waals surface area contributed by atoms with E-state index in [0.717, 1.165) is 10.9 Å². The number of rotatable bonds is 4. The fraction of sp³-hybridized carbons (Fsp3) is 0.0455. The molecule has 0 amide bonds. The Labute approximate surface area is 163 Å². The van der Waals surface area contributed by atoms with Gasteiger partial charge in [-0.05, 0) is 12.1 Å². The molecule has 0 saturated heterocycles. The number of carboxylic acids is 1. The number of aromatic amines is 1. The average Bonchev–Trinajstić information content (AvgIpc) is 3.35. The molecule has 5 rings (SSSR count). The van der Waals surface area contributed by atoms with Gasteiger partial charge in [0.2, 0.25) is 0 Å². The van der Waals surface area contributed by atoms with E-state index in [0.29, 0.717) is 22.0 Å². The number of carboxylic acid groups (broad SMARTS) is 1. The fourth-order valence-electron chi connectivity index (χ4n) is 3.88. The van der Waals surface area contributed by atoms with Crippen molar-refractivity contribution in [1.82, 2.24) is 9.55 Å². The summed E-state index contributed by atoms with van der Waals surface area (Å²) in [5.74, 6) is -2.47. The molecule has 7 nitrogen and oxygen atoms in total. The molecule has 3 heterocycles. The van der Waals surface area contributed by atoms with Crippen LogP contribution in [0.5, 0.6) is 0 Å². The minimum Gasteiger partial charge on any atom is -0.480 e. The van der Waals surface area contributed by atoms with Crippen LogP contribution in [0.3, 0.4) is 0 Å². The van der Waals surface area contributed by atoms with Gasteiger partial charge in [0.05, 0.1) is 11.1 Å². The fourth-order valence-corrected chi connectivity index (χ4v) is 3.88. The van der Waals surface area contributed by atoms with Crippen LogP contribution in [-0.4, -0.2) is 32.6 Å². The third-order valence-corrected chi connectivity index (χ3v) is 5.07. The number of hydrogen-bond acceptors (Lipinski definition) is 4. The van der Waals surface area contributed by atoms with Gasteiger partial charge in [-0.15, -0.1) is 0 Å². The number of carbonyl (C=O) groups is 3. The van der Waals surface area contributed by atoms with Gasteiger partial charge in [0.1, 0.15) is 6.54 Å².